The summed E-state index contributed by atoms with van der Waals surface area (Å²) in [4.78, 5) is 23.5. The van der Waals surface area contributed by atoms with Gasteiger partial charge in [-0.15, -0.1) is 0 Å². The molecule has 1 aromatic rings. The molecule has 3 N–H and O–H groups in total. The van der Waals surface area contributed by atoms with Gasteiger partial charge in [-0.2, -0.15) is 0 Å². The molecule has 3 amide bonds. The van der Waals surface area contributed by atoms with Crippen LogP contribution in [0.25, 0.3) is 0 Å². The van der Waals surface area contributed by atoms with Crippen LogP contribution < -0.4 is 10.7 Å². The van der Waals surface area contributed by atoms with Crippen LogP contribution in [0.4, 0.5) is 15.3 Å². The van der Waals surface area contributed by atoms with Gasteiger partial charge in [0.1, 0.15) is 11.4 Å². The van der Waals surface area contributed by atoms with Gasteiger partial charge in [-0.25, -0.2) is 20.0 Å². The number of hydrogen-bond acceptors (Lipinski definition) is 4. The van der Waals surface area contributed by atoms with Crippen molar-refractivity contribution in [1.82, 2.24) is 10.4 Å². The van der Waals surface area contributed by atoms with Crippen molar-refractivity contribution in [3.8, 4) is 5.75 Å². The number of carbonyl (C=O) groups excluding carboxylic acids is 2. The van der Waals surface area contributed by atoms with Crippen molar-refractivity contribution >= 4 is 17.8 Å². The first-order valence-electron chi connectivity index (χ1n) is 6.15. The van der Waals surface area contributed by atoms with Gasteiger partial charge in [0.25, 0.3) is 0 Å². The van der Waals surface area contributed by atoms with E-state index in [-0.39, 0.29) is 12.3 Å². The van der Waals surface area contributed by atoms with Crippen molar-refractivity contribution in [3.05, 3.63) is 23.8 Å². The number of amides is 3. The number of carbonyl (C=O) groups is 2. The zero-order valence-corrected chi connectivity index (χ0v) is 11.6. The molecule has 7 heteroatoms. The minimum absolute atomic E-state index is 0.0946. The molecule has 1 aliphatic rings. The quantitative estimate of drug-likeness (QED) is 0.687. The molecule has 0 saturated heterocycles. The molecule has 1 aliphatic heterocycles. The number of benzene rings is 1. The van der Waals surface area contributed by atoms with Crippen molar-refractivity contribution in [2.24, 2.45) is 0 Å². The number of hydrogen-bond donors (Lipinski definition) is 3. The maximum absolute atomic E-state index is 11.8. The zero-order valence-electron chi connectivity index (χ0n) is 11.6. The van der Waals surface area contributed by atoms with Gasteiger partial charge in [0.2, 0.25) is 0 Å². The Kier molecular flexibility index (Phi) is 3.44. The molecule has 0 bridgehead atoms. The lowest BCUT2D eigenvalue weighted by molar-refractivity contribution is 0.0376. The number of aromatic hydroxyl groups is 1. The summed E-state index contributed by atoms with van der Waals surface area (Å²) >= 11 is 0. The molecule has 0 saturated carbocycles. The van der Waals surface area contributed by atoms with E-state index in [1.807, 2.05) is 0 Å². The first kappa shape index (κ1) is 14.0. The maximum Gasteiger partial charge on any atom is 0.426 e. The Bertz CT molecular complexity index is 551. The normalized spacial score (nSPS) is 14.3. The van der Waals surface area contributed by atoms with Gasteiger partial charge in [0.05, 0.1) is 6.54 Å². The van der Waals surface area contributed by atoms with Crippen LogP contribution in [0.1, 0.15) is 26.3 Å². The molecule has 0 radical (unpaired) electrons. The van der Waals surface area contributed by atoms with Crippen LogP contribution in [0.5, 0.6) is 5.75 Å². The van der Waals surface area contributed by atoms with E-state index >= 15 is 0 Å². The van der Waals surface area contributed by atoms with E-state index in [9.17, 15) is 14.7 Å². The second-order valence-electron chi connectivity index (χ2n) is 5.47. The zero-order chi connectivity index (χ0) is 14.9. The van der Waals surface area contributed by atoms with Crippen molar-refractivity contribution in [1.29, 1.82) is 0 Å². The fourth-order valence-corrected chi connectivity index (χ4v) is 1.76. The number of phenols is 1. The van der Waals surface area contributed by atoms with E-state index in [0.717, 1.165) is 5.01 Å². The molecule has 2 rings (SSSR count). The minimum atomic E-state index is -0.712. The van der Waals surface area contributed by atoms with Gasteiger partial charge in [0, 0.05) is 11.3 Å². The maximum atomic E-state index is 11.8. The Morgan fingerprint density at radius 3 is 2.80 bits per heavy atom. The molecule has 0 unspecified atom stereocenters. The van der Waals surface area contributed by atoms with E-state index in [1.54, 1.807) is 26.8 Å². The monoisotopic (exact) mass is 279 g/mol. The number of fused-ring (bicyclic) bond motifs is 1. The van der Waals surface area contributed by atoms with Crippen LogP contribution in [0, 0.1) is 0 Å². The van der Waals surface area contributed by atoms with E-state index < -0.39 is 17.7 Å². The van der Waals surface area contributed by atoms with E-state index in [1.165, 1.54) is 12.1 Å². The molecule has 0 fully saturated rings. The van der Waals surface area contributed by atoms with Crippen molar-refractivity contribution in [2.75, 3.05) is 5.32 Å². The number of nitrogens with zero attached hydrogens (tertiary/aromatic N) is 1. The van der Waals surface area contributed by atoms with Crippen LogP contribution in [-0.2, 0) is 11.3 Å². The van der Waals surface area contributed by atoms with Crippen LogP contribution in [0.15, 0.2) is 18.2 Å². The summed E-state index contributed by atoms with van der Waals surface area (Å²) in [5.41, 5.74) is 3.02. The third kappa shape index (κ3) is 3.31. The molecule has 7 nitrogen and oxygen atoms in total. The first-order chi connectivity index (χ1) is 9.24. The van der Waals surface area contributed by atoms with Crippen LogP contribution in [0.3, 0.4) is 0 Å². The standard InChI is InChI=1S/C13H17N3O4/c1-13(2,3)20-12(19)15-16-7-8-6-9(17)4-5-10(8)14-11(16)18/h4-6,17H,7H2,1-3H3,(H,14,18)(H,15,19). The lowest BCUT2D eigenvalue weighted by Crippen LogP contribution is -2.51. The van der Waals surface area contributed by atoms with Crippen molar-refractivity contribution in [3.63, 3.8) is 0 Å². The summed E-state index contributed by atoms with van der Waals surface area (Å²) in [7, 11) is 0. The van der Waals surface area contributed by atoms with E-state index in [2.05, 4.69) is 10.7 Å². The van der Waals surface area contributed by atoms with Gasteiger partial charge >= 0.3 is 12.1 Å². The average molecular weight is 279 g/mol. The van der Waals surface area contributed by atoms with Gasteiger partial charge in [0.15, 0.2) is 0 Å². The highest BCUT2D eigenvalue weighted by Gasteiger charge is 2.26. The summed E-state index contributed by atoms with van der Waals surface area (Å²) in [6.45, 7) is 5.34. The summed E-state index contributed by atoms with van der Waals surface area (Å²) < 4.78 is 5.08. The van der Waals surface area contributed by atoms with Gasteiger partial charge in [-0.3, -0.25) is 0 Å². The molecular weight excluding hydrogens is 262 g/mol. The van der Waals surface area contributed by atoms with E-state index in [0.29, 0.717) is 11.3 Å². The van der Waals surface area contributed by atoms with E-state index in [4.69, 9.17) is 4.74 Å². The topological polar surface area (TPSA) is 90.9 Å². The van der Waals surface area contributed by atoms with Gasteiger partial charge in [-0.1, -0.05) is 0 Å². The Morgan fingerprint density at radius 2 is 2.15 bits per heavy atom. The summed E-state index contributed by atoms with van der Waals surface area (Å²) in [5.74, 6) is 0.0946. The highest BCUT2D eigenvalue weighted by molar-refractivity contribution is 5.93. The number of ether oxygens (including phenoxy) is 1. The van der Waals surface area contributed by atoms with Crippen molar-refractivity contribution in [2.45, 2.75) is 32.9 Å². The number of hydrazine groups is 1. The highest BCUT2D eigenvalue weighted by atomic mass is 16.6. The number of phenolic OH excluding ortho intramolecular Hbond substituents is 1. The number of anilines is 1. The summed E-state index contributed by atoms with van der Waals surface area (Å²) in [6.07, 6.45) is -0.712. The smallest absolute Gasteiger partial charge is 0.426 e. The van der Waals surface area contributed by atoms with Gasteiger partial charge < -0.3 is 15.2 Å². The molecule has 108 valence electrons. The largest absolute Gasteiger partial charge is 0.508 e. The third-order valence-electron chi connectivity index (χ3n) is 2.53. The van der Waals surface area contributed by atoms with Crippen LogP contribution >= 0.6 is 0 Å². The molecule has 0 atom stereocenters. The number of urea groups is 1. The predicted molar refractivity (Wildman–Crippen MR) is 72.0 cm³/mol. The number of nitrogens with one attached hydrogen (secondary N) is 2. The average Bonchev–Trinajstić information content (AvgIpc) is 2.28. The first-order valence-corrected chi connectivity index (χ1v) is 6.15. The summed E-state index contributed by atoms with van der Waals surface area (Å²) in [6, 6.07) is 4.15. The van der Waals surface area contributed by atoms with Gasteiger partial charge in [-0.05, 0) is 39.0 Å². The lowest BCUT2D eigenvalue weighted by Gasteiger charge is -2.30. The lowest BCUT2D eigenvalue weighted by atomic mass is 10.1. The second-order valence-corrected chi connectivity index (χ2v) is 5.47. The Morgan fingerprint density at radius 1 is 1.45 bits per heavy atom. The predicted octanol–water partition coefficient (Wildman–Crippen LogP) is 2.18. The highest BCUT2D eigenvalue weighted by Crippen LogP contribution is 2.26. The molecule has 0 spiro atoms. The molecule has 1 heterocycles. The SMILES string of the molecule is CC(C)(C)OC(=O)NN1Cc2cc(O)ccc2NC1=O. The summed E-state index contributed by atoms with van der Waals surface area (Å²) in [5, 5.41) is 13.1. The molecule has 0 aliphatic carbocycles. The third-order valence-corrected chi connectivity index (χ3v) is 2.53. The van der Waals surface area contributed by atoms with Crippen molar-refractivity contribution < 1.29 is 19.4 Å². The number of rotatable bonds is 1. The Balaban J connectivity index is 2.07. The fourth-order valence-electron chi connectivity index (χ4n) is 1.76. The molecule has 0 aromatic heterocycles. The molecule has 20 heavy (non-hydrogen) atoms. The minimum Gasteiger partial charge on any atom is -0.508 e. The second kappa shape index (κ2) is 4.92. The Labute approximate surface area is 116 Å². The van der Waals surface area contributed by atoms with Crippen LogP contribution in [0.2, 0.25) is 0 Å². The Hall–Kier alpha value is -2.44. The van der Waals surface area contributed by atoms with Crippen LogP contribution in [-0.4, -0.2) is 27.8 Å². The fraction of sp³-hybridized carbons (Fsp3) is 0.385. The molecular formula is C13H17N3O4. The molecule has 1 aromatic carbocycles.